The van der Waals surface area contributed by atoms with Crippen LogP contribution in [0.15, 0.2) is 12.7 Å². The Labute approximate surface area is 83.0 Å². The van der Waals surface area contributed by atoms with Crippen LogP contribution in [-0.4, -0.2) is 52.8 Å². The van der Waals surface area contributed by atoms with Crippen LogP contribution in [0.5, 0.6) is 0 Å². The van der Waals surface area contributed by atoms with Gasteiger partial charge in [0, 0.05) is 6.54 Å². The Hall–Kier alpha value is -0.460. The van der Waals surface area contributed by atoms with E-state index in [4.69, 9.17) is 9.84 Å². The number of aliphatic hydroxyl groups excluding tert-OH is 3. The quantitative estimate of drug-likeness (QED) is 0.413. The highest BCUT2D eigenvalue weighted by Crippen LogP contribution is 2.17. The van der Waals surface area contributed by atoms with Gasteiger partial charge >= 0.3 is 0 Å². The van der Waals surface area contributed by atoms with Crippen LogP contribution in [0.4, 0.5) is 0 Å². The number of aliphatic hydroxyl groups is 3. The maximum absolute atomic E-state index is 9.60. The zero-order chi connectivity index (χ0) is 10.6. The van der Waals surface area contributed by atoms with Crippen molar-refractivity contribution in [2.45, 2.75) is 24.4 Å². The van der Waals surface area contributed by atoms with Crippen LogP contribution in [0.25, 0.3) is 0 Å². The molecular formula is C9H16NO4. The van der Waals surface area contributed by atoms with Gasteiger partial charge in [0.25, 0.3) is 0 Å². The van der Waals surface area contributed by atoms with Gasteiger partial charge in [-0.2, -0.15) is 0 Å². The number of hydrogen-bond donors (Lipinski definition) is 4. The first-order chi connectivity index (χ1) is 6.70. The summed E-state index contributed by atoms with van der Waals surface area (Å²) in [5.74, 6) is 0. The van der Waals surface area contributed by atoms with Gasteiger partial charge in [-0.05, 0) is 0 Å². The number of hydrogen-bond acceptors (Lipinski definition) is 5. The predicted octanol–water partition coefficient (Wildman–Crippen LogP) is -1.59. The molecule has 1 saturated heterocycles. The van der Waals surface area contributed by atoms with E-state index in [-0.39, 0.29) is 6.61 Å². The van der Waals surface area contributed by atoms with Crippen molar-refractivity contribution in [3.05, 3.63) is 19.3 Å². The molecule has 0 aliphatic carbocycles. The molecule has 81 valence electrons. The zero-order valence-corrected chi connectivity index (χ0v) is 7.84. The van der Waals surface area contributed by atoms with Crippen LogP contribution in [0, 0.1) is 6.61 Å². The van der Waals surface area contributed by atoms with Crippen LogP contribution in [-0.2, 0) is 4.74 Å². The molecule has 5 nitrogen and oxygen atoms in total. The lowest BCUT2D eigenvalue weighted by Crippen LogP contribution is -2.56. The van der Waals surface area contributed by atoms with E-state index in [0.29, 0.717) is 6.54 Å². The molecule has 1 fully saturated rings. The van der Waals surface area contributed by atoms with Crippen LogP contribution in [0.3, 0.4) is 0 Å². The summed E-state index contributed by atoms with van der Waals surface area (Å²) in [5, 5.41) is 30.8. The first-order valence-electron chi connectivity index (χ1n) is 4.50. The van der Waals surface area contributed by atoms with E-state index in [2.05, 4.69) is 11.9 Å². The van der Waals surface area contributed by atoms with E-state index in [1.807, 2.05) is 0 Å². The molecule has 1 rings (SSSR count). The second kappa shape index (κ2) is 5.43. The van der Waals surface area contributed by atoms with Gasteiger partial charge < -0.3 is 25.4 Å². The molecule has 1 aliphatic rings. The Morgan fingerprint density at radius 3 is 2.71 bits per heavy atom. The molecule has 4 atom stereocenters. The lowest BCUT2D eigenvalue weighted by Gasteiger charge is -2.36. The van der Waals surface area contributed by atoms with E-state index in [0.717, 1.165) is 0 Å². The first kappa shape index (κ1) is 11.6. The second-order valence-electron chi connectivity index (χ2n) is 3.20. The normalized spacial score (nSPS) is 38.2. The van der Waals surface area contributed by atoms with Crippen LogP contribution in [0.2, 0.25) is 0 Å². The molecular weight excluding hydrogens is 186 g/mol. The molecule has 0 bridgehead atoms. The highest BCUT2D eigenvalue weighted by molar-refractivity contribution is 4.96. The van der Waals surface area contributed by atoms with E-state index in [9.17, 15) is 10.2 Å². The zero-order valence-electron chi connectivity index (χ0n) is 7.84. The summed E-state index contributed by atoms with van der Waals surface area (Å²) in [4.78, 5) is 0. The SMILES string of the molecule is C=CCNC1[CH]OC(CO)C(O)C1O. The molecule has 0 amide bonds. The molecule has 1 radical (unpaired) electrons. The minimum absolute atomic E-state index is 0.317. The fourth-order valence-electron chi connectivity index (χ4n) is 1.32. The Bertz CT molecular complexity index is 188. The van der Waals surface area contributed by atoms with E-state index in [1.54, 1.807) is 6.08 Å². The number of nitrogens with one attached hydrogen (secondary N) is 1. The smallest absolute Gasteiger partial charge is 0.110 e. The van der Waals surface area contributed by atoms with Gasteiger partial charge in [0.1, 0.15) is 24.9 Å². The van der Waals surface area contributed by atoms with Crippen molar-refractivity contribution in [3.63, 3.8) is 0 Å². The third kappa shape index (κ3) is 2.52. The van der Waals surface area contributed by atoms with Crippen molar-refractivity contribution in [3.8, 4) is 0 Å². The molecule has 0 saturated carbocycles. The summed E-state index contributed by atoms with van der Waals surface area (Å²) in [6.07, 6.45) is -1.15. The van der Waals surface area contributed by atoms with E-state index < -0.39 is 24.4 Å². The maximum atomic E-state index is 9.60. The third-order valence-electron chi connectivity index (χ3n) is 2.18. The maximum Gasteiger partial charge on any atom is 0.110 e. The van der Waals surface area contributed by atoms with Gasteiger partial charge in [0.15, 0.2) is 0 Å². The Kier molecular flexibility index (Phi) is 4.50. The van der Waals surface area contributed by atoms with Gasteiger partial charge in [0.2, 0.25) is 0 Å². The summed E-state index contributed by atoms with van der Waals surface area (Å²) >= 11 is 0. The van der Waals surface area contributed by atoms with Gasteiger partial charge in [-0.3, -0.25) is 0 Å². The summed E-state index contributed by atoms with van der Waals surface area (Å²) < 4.78 is 5.04. The van der Waals surface area contributed by atoms with Gasteiger partial charge in [-0.1, -0.05) is 6.08 Å². The lowest BCUT2D eigenvalue weighted by molar-refractivity contribution is -0.137. The molecule has 1 heterocycles. The molecule has 0 aromatic rings. The Morgan fingerprint density at radius 2 is 2.14 bits per heavy atom. The van der Waals surface area contributed by atoms with Crippen LogP contribution < -0.4 is 5.32 Å². The van der Waals surface area contributed by atoms with Crippen molar-refractivity contribution < 1.29 is 20.1 Å². The largest absolute Gasteiger partial charge is 0.394 e. The van der Waals surface area contributed by atoms with Crippen molar-refractivity contribution in [2.24, 2.45) is 0 Å². The van der Waals surface area contributed by atoms with Crippen molar-refractivity contribution in [1.82, 2.24) is 5.32 Å². The predicted molar refractivity (Wildman–Crippen MR) is 50.3 cm³/mol. The second-order valence-corrected chi connectivity index (χ2v) is 3.20. The van der Waals surface area contributed by atoms with Crippen LogP contribution in [0.1, 0.15) is 0 Å². The van der Waals surface area contributed by atoms with Gasteiger partial charge in [0.05, 0.1) is 12.6 Å². The minimum atomic E-state index is -1.08. The van der Waals surface area contributed by atoms with E-state index >= 15 is 0 Å². The van der Waals surface area contributed by atoms with E-state index in [1.165, 1.54) is 6.61 Å². The van der Waals surface area contributed by atoms with Crippen LogP contribution >= 0.6 is 0 Å². The molecule has 0 aromatic heterocycles. The van der Waals surface area contributed by atoms with Crippen molar-refractivity contribution in [2.75, 3.05) is 13.2 Å². The minimum Gasteiger partial charge on any atom is -0.394 e. The summed E-state index contributed by atoms with van der Waals surface area (Å²) in [7, 11) is 0. The first-order valence-corrected chi connectivity index (χ1v) is 4.50. The highest BCUT2D eigenvalue weighted by Gasteiger charge is 2.37. The number of ether oxygens (including phenoxy) is 1. The van der Waals surface area contributed by atoms with Gasteiger partial charge in [-0.25, -0.2) is 0 Å². The molecule has 4 N–H and O–H groups in total. The molecule has 4 unspecified atom stereocenters. The molecule has 1 aliphatic heterocycles. The Morgan fingerprint density at radius 1 is 1.43 bits per heavy atom. The number of rotatable bonds is 4. The topological polar surface area (TPSA) is 82.0 Å². The molecule has 0 spiro atoms. The average Bonchev–Trinajstić information content (AvgIpc) is 2.20. The fourth-order valence-corrected chi connectivity index (χ4v) is 1.32. The van der Waals surface area contributed by atoms with Gasteiger partial charge in [-0.15, -0.1) is 6.58 Å². The monoisotopic (exact) mass is 202 g/mol. The van der Waals surface area contributed by atoms with Crippen molar-refractivity contribution >= 4 is 0 Å². The lowest BCUT2D eigenvalue weighted by atomic mass is 9.98. The third-order valence-corrected chi connectivity index (χ3v) is 2.18. The fraction of sp³-hybridized carbons (Fsp3) is 0.667. The summed E-state index contributed by atoms with van der Waals surface area (Å²) in [5.41, 5.74) is 0. The highest BCUT2D eigenvalue weighted by atomic mass is 16.5. The summed E-state index contributed by atoms with van der Waals surface area (Å²) in [6, 6.07) is -0.439. The molecule has 5 heteroatoms. The molecule has 0 aromatic carbocycles. The summed E-state index contributed by atoms with van der Waals surface area (Å²) in [6.45, 7) is 5.11. The molecule has 14 heavy (non-hydrogen) atoms. The van der Waals surface area contributed by atoms with Crippen molar-refractivity contribution in [1.29, 1.82) is 0 Å². The Balaban J connectivity index is 2.46. The standard InChI is InChI=1S/C9H16NO4/c1-2-3-10-6-5-14-7(4-11)9(13)8(6)12/h2,5-13H,1,3-4H2. The average molecular weight is 202 g/mol.